The second kappa shape index (κ2) is 14.1. The van der Waals surface area contributed by atoms with Crippen molar-refractivity contribution in [1.29, 1.82) is 0 Å². The van der Waals surface area contributed by atoms with E-state index in [4.69, 9.17) is 0 Å². The highest BCUT2D eigenvalue weighted by Gasteiger charge is 2.42. The summed E-state index contributed by atoms with van der Waals surface area (Å²) in [5.74, 6) is 0. The van der Waals surface area contributed by atoms with Crippen LogP contribution < -0.4 is 4.90 Å². The summed E-state index contributed by atoms with van der Waals surface area (Å²) in [7, 11) is -1.87. The molecule has 0 saturated carbocycles. The smallest absolute Gasteiger partial charge is 0.0472 e. The largest absolute Gasteiger partial charge is 0.310 e. The molecule has 11 rings (SSSR count). The second-order valence-electron chi connectivity index (χ2n) is 14.9. The molecular formula is C56H39NS. The van der Waals surface area contributed by atoms with E-state index in [1.807, 2.05) is 0 Å². The summed E-state index contributed by atoms with van der Waals surface area (Å²) in [4.78, 5) is 7.87. The fourth-order valence-corrected chi connectivity index (χ4v) is 13.3. The molecule has 0 spiro atoms. The van der Waals surface area contributed by atoms with Crippen molar-refractivity contribution in [2.45, 2.75) is 19.6 Å². The lowest BCUT2D eigenvalue weighted by Gasteiger charge is -2.40. The van der Waals surface area contributed by atoms with E-state index in [0.29, 0.717) is 0 Å². The van der Waals surface area contributed by atoms with Crippen LogP contribution in [0.5, 0.6) is 0 Å². The van der Waals surface area contributed by atoms with Gasteiger partial charge >= 0.3 is 0 Å². The molecule has 10 aromatic rings. The Balaban J connectivity index is 1.11. The van der Waals surface area contributed by atoms with Gasteiger partial charge in [0.25, 0.3) is 0 Å². The molecule has 0 aliphatic carbocycles. The van der Waals surface area contributed by atoms with Gasteiger partial charge in [0.1, 0.15) is 0 Å². The van der Waals surface area contributed by atoms with E-state index in [1.54, 1.807) is 0 Å². The summed E-state index contributed by atoms with van der Waals surface area (Å²) in [5.41, 5.74) is 10.9. The molecule has 0 saturated heterocycles. The van der Waals surface area contributed by atoms with E-state index in [0.717, 1.165) is 17.1 Å². The summed E-state index contributed by atoms with van der Waals surface area (Å²) < 4.78 is 0. The zero-order valence-corrected chi connectivity index (χ0v) is 32.7. The van der Waals surface area contributed by atoms with E-state index >= 15 is 0 Å². The van der Waals surface area contributed by atoms with Crippen LogP contribution in [0.15, 0.2) is 256 Å². The van der Waals surface area contributed by atoms with E-state index in [1.165, 1.54) is 74.5 Å². The standard InChI is InChI=1S/C56H39NS/c1-5-17-40(18-6-1)50-29-15-21-42-22-16-30-51(56(42)50)41-31-33-46(34-32-41)57(45-23-7-2-8-24-45)47-35-36-52-53-37-43-19-13-14-20-44(43)38-54(53)58(55(52)39-47,48-25-9-3-10-26-48)49-27-11-4-12-28-49/h1-39H. The minimum atomic E-state index is -1.87. The van der Waals surface area contributed by atoms with Crippen LogP contribution in [0.1, 0.15) is 0 Å². The van der Waals surface area contributed by atoms with Gasteiger partial charge in [-0.15, -0.1) is 10.0 Å². The predicted octanol–water partition coefficient (Wildman–Crippen LogP) is 16.1. The van der Waals surface area contributed by atoms with Gasteiger partial charge in [-0.05, 0) is 128 Å². The Hall–Kier alpha value is -7.13. The van der Waals surface area contributed by atoms with Crippen molar-refractivity contribution in [3.05, 3.63) is 237 Å². The Kier molecular flexibility index (Phi) is 8.31. The first-order valence-electron chi connectivity index (χ1n) is 19.9. The first kappa shape index (κ1) is 34.1. The van der Waals surface area contributed by atoms with Gasteiger partial charge in [-0.3, -0.25) is 0 Å². The highest BCUT2D eigenvalue weighted by atomic mass is 32.3. The Morgan fingerprint density at radius 2 is 0.741 bits per heavy atom. The number of hydrogen-bond acceptors (Lipinski definition) is 1. The monoisotopic (exact) mass is 757 g/mol. The maximum Gasteiger partial charge on any atom is 0.0472 e. The van der Waals surface area contributed by atoms with Gasteiger partial charge in [0, 0.05) is 36.6 Å². The minimum absolute atomic E-state index is 1.11. The summed E-state index contributed by atoms with van der Waals surface area (Å²) in [5, 5.41) is 5.05. The molecule has 58 heavy (non-hydrogen) atoms. The van der Waals surface area contributed by atoms with E-state index in [2.05, 4.69) is 241 Å². The molecule has 0 aromatic heterocycles. The fraction of sp³-hybridized carbons (Fsp3) is 0. The van der Waals surface area contributed by atoms with Gasteiger partial charge in [0.2, 0.25) is 0 Å². The van der Waals surface area contributed by atoms with E-state index < -0.39 is 10.0 Å². The van der Waals surface area contributed by atoms with Gasteiger partial charge < -0.3 is 4.90 Å². The lowest BCUT2D eigenvalue weighted by molar-refractivity contribution is 1.25. The average Bonchev–Trinajstić information content (AvgIpc) is 3.58. The molecule has 0 N–H and O–H groups in total. The quantitative estimate of drug-likeness (QED) is 0.156. The molecule has 1 aliphatic rings. The van der Waals surface area contributed by atoms with Crippen LogP contribution in [0.2, 0.25) is 0 Å². The van der Waals surface area contributed by atoms with Crippen LogP contribution in [-0.2, 0) is 0 Å². The van der Waals surface area contributed by atoms with Crippen LogP contribution in [0.4, 0.5) is 17.1 Å². The zero-order chi connectivity index (χ0) is 38.5. The molecule has 0 radical (unpaired) electrons. The van der Waals surface area contributed by atoms with Gasteiger partial charge in [0.05, 0.1) is 0 Å². The fourth-order valence-electron chi connectivity index (χ4n) is 9.07. The van der Waals surface area contributed by atoms with Gasteiger partial charge in [-0.25, -0.2) is 0 Å². The summed E-state index contributed by atoms with van der Waals surface area (Å²) >= 11 is 0. The second-order valence-corrected chi connectivity index (χ2v) is 18.0. The normalized spacial score (nSPS) is 13.2. The highest BCUT2D eigenvalue weighted by molar-refractivity contribution is 8.34. The van der Waals surface area contributed by atoms with Crippen molar-refractivity contribution in [2.75, 3.05) is 4.90 Å². The number of para-hydroxylation sites is 1. The van der Waals surface area contributed by atoms with E-state index in [9.17, 15) is 0 Å². The SMILES string of the molecule is c1ccc(-c2cccc3cccc(-c4ccc(N(c5ccccc5)c5ccc6c(c5)S(c5ccccc5)(c5ccccc5)c5cc7ccccc7cc5-6)cc4)c23)cc1. The zero-order valence-electron chi connectivity index (χ0n) is 31.9. The summed E-state index contributed by atoms with van der Waals surface area (Å²) in [6.45, 7) is 0. The first-order chi connectivity index (χ1) is 28.8. The molecule has 1 aliphatic heterocycles. The van der Waals surface area contributed by atoms with Gasteiger partial charge in [-0.2, -0.15) is 0 Å². The maximum atomic E-state index is 2.49. The van der Waals surface area contributed by atoms with Crippen molar-refractivity contribution in [3.8, 4) is 33.4 Å². The predicted molar refractivity (Wildman–Crippen MR) is 246 cm³/mol. The van der Waals surface area contributed by atoms with Crippen molar-refractivity contribution in [1.82, 2.24) is 0 Å². The third-order valence-corrected chi connectivity index (χ3v) is 15.6. The molecule has 2 heteroatoms. The molecule has 1 heterocycles. The van der Waals surface area contributed by atoms with Crippen LogP contribution >= 0.6 is 10.0 Å². The van der Waals surface area contributed by atoms with Crippen LogP contribution in [-0.4, -0.2) is 0 Å². The van der Waals surface area contributed by atoms with Crippen molar-refractivity contribution in [3.63, 3.8) is 0 Å². The molecule has 1 nitrogen and oxygen atoms in total. The number of hydrogen-bond donors (Lipinski definition) is 0. The minimum Gasteiger partial charge on any atom is -0.310 e. The maximum absolute atomic E-state index is 2.49. The lowest BCUT2D eigenvalue weighted by Crippen LogP contribution is -2.10. The Morgan fingerprint density at radius 1 is 0.276 bits per heavy atom. The third kappa shape index (κ3) is 5.49. The van der Waals surface area contributed by atoms with E-state index in [-0.39, 0.29) is 0 Å². The molecule has 0 unspecified atom stereocenters. The molecule has 0 bridgehead atoms. The number of anilines is 3. The summed E-state index contributed by atoms with van der Waals surface area (Å²) in [6, 6.07) is 87.3. The van der Waals surface area contributed by atoms with Crippen LogP contribution in [0.3, 0.4) is 0 Å². The number of nitrogens with zero attached hydrogens (tertiary/aromatic N) is 1. The summed E-state index contributed by atoms with van der Waals surface area (Å²) in [6.07, 6.45) is 0. The molecule has 274 valence electrons. The first-order valence-corrected chi connectivity index (χ1v) is 21.5. The van der Waals surface area contributed by atoms with Gasteiger partial charge in [-0.1, -0.05) is 164 Å². The Labute approximate surface area is 341 Å². The van der Waals surface area contributed by atoms with Crippen molar-refractivity contribution >= 4 is 48.6 Å². The highest BCUT2D eigenvalue weighted by Crippen LogP contribution is 2.80. The third-order valence-electron chi connectivity index (χ3n) is 11.7. The Bertz CT molecular complexity index is 3040. The average molecular weight is 758 g/mol. The van der Waals surface area contributed by atoms with Crippen LogP contribution in [0, 0.1) is 0 Å². The number of rotatable bonds is 7. The molecule has 0 amide bonds. The Morgan fingerprint density at radius 3 is 1.36 bits per heavy atom. The molecular weight excluding hydrogens is 719 g/mol. The topological polar surface area (TPSA) is 3.24 Å². The van der Waals surface area contributed by atoms with Crippen molar-refractivity contribution in [2.24, 2.45) is 0 Å². The van der Waals surface area contributed by atoms with Crippen LogP contribution in [0.25, 0.3) is 54.9 Å². The number of fused-ring (bicyclic) bond motifs is 5. The lowest BCUT2D eigenvalue weighted by atomic mass is 9.91. The van der Waals surface area contributed by atoms with Crippen molar-refractivity contribution < 1.29 is 0 Å². The number of benzene rings is 10. The molecule has 0 atom stereocenters. The molecule has 0 fully saturated rings. The molecule has 10 aromatic carbocycles. The van der Waals surface area contributed by atoms with Gasteiger partial charge in [0.15, 0.2) is 0 Å².